The fourth-order valence-corrected chi connectivity index (χ4v) is 1.19. The van der Waals surface area contributed by atoms with Gasteiger partial charge in [0.15, 0.2) is 0 Å². The average Bonchev–Trinajstić information content (AvgIpc) is 2.26. The van der Waals surface area contributed by atoms with Crippen molar-refractivity contribution in [3.63, 3.8) is 0 Å². The van der Waals surface area contributed by atoms with Crippen LogP contribution in [0.2, 0.25) is 0 Å². The molecule has 0 spiro atoms. The third-order valence-corrected chi connectivity index (χ3v) is 2.18. The summed E-state index contributed by atoms with van der Waals surface area (Å²) in [5.41, 5.74) is 5.05. The number of H-pyrrole nitrogens is 1. The lowest BCUT2D eigenvalue weighted by Crippen LogP contribution is -2.41. The van der Waals surface area contributed by atoms with E-state index in [-0.39, 0.29) is 11.1 Å². The van der Waals surface area contributed by atoms with Crippen LogP contribution in [-0.2, 0) is 0 Å². The van der Waals surface area contributed by atoms with Crippen molar-refractivity contribution in [2.24, 2.45) is 5.73 Å². The molecule has 0 aliphatic carbocycles. The van der Waals surface area contributed by atoms with E-state index in [2.05, 4.69) is 10.3 Å². The van der Waals surface area contributed by atoms with Crippen LogP contribution in [0.25, 0.3) is 0 Å². The number of aryl methyl sites for hydroxylation is 1. The van der Waals surface area contributed by atoms with Crippen molar-refractivity contribution in [3.05, 3.63) is 33.7 Å². The second-order valence-electron chi connectivity index (χ2n) is 3.64. The van der Waals surface area contributed by atoms with Gasteiger partial charge in [-0.3, -0.25) is 9.59 Å². The second-order valence-corrected chi connectivity index (χ2v) is 3.64. The first-order valence-electron chi connectivity index (χ1n) is 4.91. The van der Waals surface area contributed by atoms with Gasteiger partial charge < -0.3 is 16.0 Å². The van der Waals surface area contributed by atoms with E-state index in [1.807, 2.05) is 0 Å². The van der Waals surface area contributed by atoms with Crippen molar-refractivity contribution in [1.82, 2.24) is 10.3 Å². The number of aromatic amines is 1. The Bertz CT molecular complexity index is 471. The number of hydrogen-bond acceptors (Lipinski definition) is 3. The highest BCUT2D eigenvalue weighted by Gasteiger charge is 2.27. The molecule has 4 N–H and O–H groups in total. The van der Waals surface area contributed by atoms with Crippen LogP contribution in [0, 0.1) is 6.92 Å². The summed E-state index contributed by atoms with van der Waals surface area (Å²) in [5, 5.41) is 2.06. The lowest BCUT2D eigenvalue weighted by Gasteiger charge is -2.14. The number of hydrogen-bond donors (Lipinski definition) is 3. The number of nitrogens with one attached hydrogen (secondary N) is 2. The summed E-state index contributed by atoms with van der Waals surface area (Å²) in [6.45, 7) is -0.121. The minimum absolute atomic E-state index is 0.150. The van der Waals surface area contributed by atoms with Crippen molar-refractivity contribution in [1.29, 1.82) is 0 Å². The second kappa shape index (κ2) is 5.05. The Morgan fingerprint density at radius 3 is 2.76 bits per heavy atom. The molecule has 0 saturated heterocycles. The fourth-order valence-electron chi connectivity index (χ4n) is 1.19. The van der Waals surface area contributed by atoms with Gasteiger partial charge in [0.1, 0.15) is 0 Å². The first-order chi connectivity index (χ1) is 7.85. The van der Waals surface area contributed by atoms with Crippen molar-refractivity contribution in [2.45, 2.75) is 12.8 Å². The van der Waals surface area contributed by atoms with Crippen LogP contribution in [0.4, 0.5) is 8.78 Å². The summed E-state index contributed by atoms with van der Waals surface area (Å²) < 4.78 is 25.6. The minimum atomic E-state index is -3.13. The maximum atomic E-state index is 12.8. The number of pyridine rings is 1. The molecule has 0 aliphatic heterocycles. The molecule has 17 heavy (non-hydrogen) atoms. The van der Waals surface area contributed by atoms with E-state index < -0.39 is 24.9 Å². The summed E-state index contributed by atoms with van der Waals surface area (Å²) in [6.07, 6.45) is 1.19. The number of amides is 1. The number of carbonyl (C=O) groups excluding carboxylic acids is 1. The molecule has 0 bridgehead atoms. The Balaban J connectivity index is 2.74. The molecule has 0 atom stereocenters. The van der Waals surface area contributed by atoms with E-state index in [9.17, 15) is 18.4 Å². The summed E-state index contributed by atoms with van der Waals surface area (Å²) in [7, 11) is 0. The Morgan fingerprint density at radius 2 is 2.24 bits per heavy atom. The van der Waals surface area contributed by atoms with Gasteiger partial charge in [-0.05, 0) is 12.5 Å². The number of alkyl halides is 2. The van der Waals surface area contributed by atoms with Gasteiger partial charge in [-0.25, -0.2) is 8.78 Å². The third-order valence-electron chi connectivity index (χ3n) is 2.18. The quantitative estimate of drug-likeness (QED) is 0.698. The maximum Gasteiger partial charge on any atom is 0.277 e. The van der Waals surface area contributed by atoms with Crippen molar-refractivity contribution in [2.75, 3.05) is 13.1 Å². The van der Waals surface area contributed by atoms with Gasteiger partial charge in [0, 0.05) is 12.3 Å². The van der Waals surface area contributed by atoms with Gasteiger partial charge in [0.2, 0.25) is 5.56 Å². The van der Waals surface area contributed by atoms with Crippen LogP contribution < -0.4 is 16.6 Å². The molecule has 7 heteroatoms. The van der Waals surface area contributed by atoms with Crippen LogP contribution in [0.15, 0.2) is 17.1 Å². The standard InChI is InChI=1S/C10H13F2N3O2/c1-6-2-8(16)14-3-7(6)9(17)15-5-10(11,12)4-13/h2-3H,4-5,13H2,1H3,(H,14,16)(H,15,17). The molecule has 0 fully saturated rings. The van der Waals surface area contributed by atoms with Crippen LogP contribution in [0.1, 0.15) is 15.9 Å². The van der Waals surface area contributed by atoms with Crippen LogP contribution in [0.5, 0.6) is 0 Å². The predicted molar refractivity (Wildman–Crippen MR) is 58.1 cm³/mol. The fraction of sp³-hybridized carbons (Fsp3) is 0.400. The lowest BCUT2D eigenvalue weighted by molar-refractivity contribution is 0.0118. The first kappa shape index (κ1) is 13.3. The van der Waals surface area contributed by atoms with E-state index in [4.69, 9.17) is 5.73 Å². The SMILES string of the molecule is Cc1cc(=O)[nH]cc1C(=O)NCC(F)(F)CN. The number of halogens is 2. The molecule has 1 rings (SSSR count). The Morgan fingerprint density at radius 1 is 1.59 bits per heavy atom. The molecule has 0 aliphatic rings. The van der Waals surface area contributed by atoms with Gasteiger partial charge in [-0.1, -0.05) is 0 Å². The zero-order chi connectivity index (χ0) is 13.1. The molecular formula is C10H13F2N3O2. The normalized spacial score (nSPS) is 11.3. The Hall–Kier alpha value is -1.76. The molecule has 1 aromatic rings. The van der Waals surface area contributed by atoms with Crippen molar-refractivity contribution in [3.8, 4) is 0 Å². The van der Waals surface area contributed by atoms with Crippen molar-refractivity contribution >= 4 is 5.91 Å². The average molecular weight is 245 g/mol. The van der Waals surface area contributed by atoms with Crippen LogP contribution in [-0.4, -0.2) is 29.9 Å². The highest BCUT2D eigenvalue weighted by Crippen LogP contribution is 2.09. The molecule has 0 aromatic carbocycles. The van der Waals surface area contributed by atoms with Crippen LogP contribution >= 0.6 is 0 Å². The van der Waals surface area contributed by atoms with E-state index in [1.54, 1.807) is 6.92 Å². The van der Waals surface area contributed by atoms with Gasteiger partial charge in [-0.2, -0.15) is 0 Å². The van der Waals surface area contributed by atoms with Crippen LogP contribution in [0.3, 0.4) is 0 Å². The molecule has 1 amide bonds. The summed E-state index contributed by atoms with van der Waals surface area (Å²) in [5.74, 6) is -3.81. The van der Waals surface area contributed by atoms with Gasteiger partial charge in [-0.15, -0.1) is 0 Å². The first-order valence-corrected chi connectivity index (χ1v) is 4.91. The summed E-state index contributed by atoms with van der Waals surface area (Å²) in [6, 6.07) is 1.22. The van der Waals surface area contributed by atoms with E-state index >= 15 is 0 Å². The Labute approximate surface area is 96.0 Å². The number of aromatic nitrogens is 1. The number of nitrogens with two attached hydrogens (primary N) is 1. The third kappa shape index (κ3) is 3.63. The smallest absolute Gasteiger partial charge is 0.277 e. The molecule has 5 nitrogen and oxygen atoms in total. The Kier molecular flexibility index (Phi) is 3.95. The monoisotopic (exact) mass is 245 g/mol. The molecule has 94 valence electrons. The summed E-state index contributed by atoms with van der Waals surface area (Å²) in [4.78, 5) is 24.7. The maximum absolute atomic E-state index is 12.8. The lowest BCUT2D eigenvalue weighted by atomic mass is 10.1. The molecule has 1 heterocycles. The number of carbonyl (C=O) groups is 1. The topological polar surface area (TPSA) is 88.0 Å². The predicted octanol–water partition coefficient (Wildman–Crippen LogP) is 0.00712. The zero-order valence-electron chi connectivity index (χ0n) is 9.22. The molecule has 0 radical (unpaired) electrons. The van der Waals surface area contributed by atoms with E-state index in [0.717, 1.165) is 0 Å². The molecule has 0 saturated carbocycles. The zero-order valence-corrected chi connectivity index (χ0v) is 9.22. The highest BCUT2D eigenvalue weighted by atomic mass is 19.3. The highest BCUT2D eigenvalue weighted by molar-refractivity contribution is 5.95. The molecular weight excluding hydrogens is 232 g/mol. The van der Waals surface area contributed by atoms with Gasteiger partial charge in [0.25, 0.3) is 11.8 Å². The minimum Gasteiger partial charge on any atom is -0.346 e. The van der Waals surface area contributed by atoms with Gasteiger partial charge in [0.05, 0.1) is 18.7 Å². The molecule has 1 aromatic heterocycles. The summed E-state index contributed by atoms with van der Waals surface area (Å²) >= 11 is 0. The number of rotatable bonds is 4. The van der Waals surface area contributed by atoms with Gasteiger partial charge >= 0.3 is 0 Å². The van der Waals surface area contributed by atoms with E-state index in [0.29, 0.717) is 5.56 Å². The van der Waals surface area contributed by atoms with E-state index in [1.165, 1.54) is 12.3 Å². The van der Waals surface area contributed by atoms with Crippen molar-refractivity contribution < 1.29 is 13.6 Å². The largest absolute Gasteiger partial charge is 0.346 e. The molecule has 0 unspecified atom stereocenters.